The Morgan fingerprint density at radius 1 is 1.60 bits per heavy atom. The molecule has 1 aromatic rings. The Labute approximate surface area is 93.7 Å². The zero-order valence-corrected chi connectivity index (χ0v) is 9.18. The van der Waals surface area contributed by atoms with E-state index in [0.717, 1.165) is 6.42 Å². The van der Waals surface area contributed by atoms with Crippen LogP contribution in [0, 0.1) is 23.1 Å². The lowest BCUT2D eigenvalue weighted by molar-refractivity contribution is 0.623. The normalized spacial score (nSPS) is 11.9. The molecule has 0 bridgehead atoms. The van der Waals surface area contributed by atoms with Crippen molar-refractivity contribution < 1.29 is 4.39 Å². The lowest BCUT2D eigenvalue weighted by atomic mass is 10.1. The first-order chi connectivity index (χ1) is 7.17. The number of hydrogen-bond donors (Lipinski definition) is 1. The fraction of sp³-hybridized carbons (Fsp3) is 0.364. The molecule has 0 aliphatic rings. The van der Waals surface area contributed by atoms with E-state index in [9.17, 15) is 4.39 Å². The van der Waals surface area contributed by atoms with Crippen LogP contribution in [0.3, 0.4) is 0 Å². The van der Waals surface area contributed by atoms with Gasteiger partial charge < -0.3 is 5.32 Å². The number of benzene rings is 1. The third kappa shape index (κ3) is 3.41. The maximum Gasteiger partial charge on any atom is 0.146 e. The summed E-state index contributed by atoms with van der Waals surface area (Å²) < 4.78 is 13.2. The zero-order valence-electron chi connectivity index (χ0n) is 8.43. The molecular formula is C11H12ClFN2. The van der Waals surface area contributed by atoms with Crippen LogP contribution in [-0.4, -0.2) is 6.54 Å². The number of halogens is 2. The van der Waals surface area contributed by atoms with Gasteiger partial charge in [-0.2, -0.15) is 5.26 Å². The van der Waals surface area contributed by atoms with Crippen LogP contribution in [-0.2, 0) is 0 Å². The van der Waals surface area contributed by atoms with Gasteiger partial charge in [-0.3, -0.25) is 0 Å². The monoisotopic (exact) mass is 226 g/mol. The van der Waals surface area contributed by atoms with Crippen molar-refractivity contribution in [1.29, 1.82) is 5.26 Å². The Bertz CT molecular complexity index is 373. The Balaban J connectivity index is 2.65. The lowest BCUT2D eigenvalue weighted by Crippen LogP contribution is -2.12. The van der Waals surface area contributed by atoms with Crippen molar-refractivity contribution in [2.75, 3.05) is 11.9 Å². The number of nitrogens with one attached hydrogen (secondary N) is 1. The molecule has 0 aliphatic carbocycles. The third-order valence-corrected chi connectivity index (χ3v) is 2.38. The van der Waals surface area contributed by atoms with Gasteiger partial charge in [-0.25, -0.2) is 4.39 Å². The van der Waals surface area contributed by atoms with Crippen LogP contribution < -0.4 is 5.32 Å². The zero-order chi connectivity index (χ0) is 11.3. The largest absolute Gasteiger partial charge is 0.381 e. The fourth-order valence-corrected chi connectivity index (χ4v) is 1.32. The Kier molecular flexibility index (Phi) is 4.38. The second-order valence-corrected chi connectivity index (χ2v) is 3.68. The Hall–Kier alpha value is -1.27. The third-order valence-electron chi connectivity index (χ3n) is 2.14. The highest BCUT2D eigenvalue weighted by Gasteiger charge is 2.06. The average molecular weight is 227 g/mol. The second kappa shape index (κ2) is 5.57. The molecular weight excluding hydrogens is 215 g/mol. The molecule has 80 valence electrons. The SMILES string of the molecule is CCC(C#N)CNc1cc(Cl)ccc1F. The summed E-state index contributed by atoms with van der Waals surface area (Å²) in [5, 5.41) is 12.1. The van der Waals surface area contributed by atoms with Gasteiger partial charge in [0.1, 0.15) is 5.82 Å². The van der Waals surface area contributed by atoms with Crippen molar-refractivity contribution in [2.45, 2.75) is 13.3 Å². The summed E-state index contributed by atoms with van der Waals surface area (Å²) in [6, 6.07) is 6.45. The van der Waals surface area contributed by atoms with E-state index in [-0.39, 0.29) is 11.7 Å². The molecule has 0 heterocycles. The molecule has 0 aliphatic heterocycles. The average Bonchev–Trinajstić information content (AvgIpc) is 2.24. The number of hydrogen-bond acceptors (Lipinski definition) is 2. The lowest BCUT2D eigenvalue weighted by Gasteiger charge is -2.10. The summed E-state index contributed by atoms with van der Waals surface area (Å²) in [5.74, 6) is -0.462. The number of rotatable bonds is 4. The van der Waals surface area contributed by atoms with Crippen molar-refractivity contribution in [1.82, 2.24) is 0 Å². The first-order valence-corrected chi connectivity index (χ1v) is 5.13. The van der Waals surface area contributed by atoms with E-state index >= 15 is 0 Å². The molecule has 1 N–H and O–H groups in total. The summed E-state index contributed by atoms with van der Waals surface area (Å²) in [6.45, 7) is 2.36. The molecule has 0 saturated carbocycles. The van der Waals surface area contributed by atoms with Gasteiger partial charge in [-0.1, -0.05) is 18.5 Å². The van der Waals surface area contributed by atoms with Gasteiger partial charge in [0.15, 0.2) is 0 Å². The molecule has 0 spiro atoms. The van der Waals surface area contributed by atoms with E-state index in [1.165, 1.54) is 18.2 Å². The van der Waals surface area contributed by atoms with Gasteiger partial charge in [-0.05, 0) is 24.6 Å². The molecule has 0 amide bonds. The molecule has 1 atom stereocenters. The van der Waals surface area contributed by atoms with Crippen LogP contribution in [0.1, 0.15) is 13.3 Å². The molecule has 0 fully saturated rings. The molecule has 0 aromatic heterocycles. The minimum absolute atomic E-state index is 0.108. The molecule has 1 rings (SSSR count). The van der Waals surface area contributed by atoms with E-state index in [2.05, 4.69) is 11.4 Å². The second-order valence-electron chi connectivity index (χ2n) is 3.24. The van der Waals surface area contributed by atoms with Gasteiger partial charge in [0.2, 0.25) is 0 Å². The topological polar surface area (TPSA) is 35.8 Å². The summed E-state index contributed by atoms with van der Waals surface area (Å²) in [5.41, 5.74) is 0.344. The summed E-state index contributed by atoms with van der Waals surface area (Å²) >= 11 is 5.73. The van der Waals surface area contributed by atoms with E-state index in [0.29, 0.717) is 17.3 Å². The van der Waals surface area contributed by atoms with Crippen LogP contribution in [0.2, 0.25) is 5.02 Å². The predicted octanol–water partition coefficient (Wildman–Crippen LogP) is 3.44. The quantitative estimate of drug-likeness (QED) is 0.854. The van der Waals surface area contributed by atoms with Gasteiger partial charge in [0, 0.05) is 11.6 Å². The highest BCUT2D eigenvalue weighted by molar-refractivity contribution is 6.30. The Morgan fingerprint density at radius 2 is 2.33 bits per heavy atom. The van der Waals surface area contributed by atoms with Gasteiger partial charge in [-0.15, -0.1) is 0 Å². The first-order valence-electron chi connectivity index (χ1n) is 4.76. The van der Waals surface area contributed by atoms with E-state index in [1.807, 2.05) is 6.92 Å². The molecule has 1 unspecified atom stereocenters. The fourth-order valence-electron chi connectivity index (χ4n) is 1.15. The van der Waals surface area contributed by atoms with Gasteiger partial charge in [0.25, 0.3) is 0 Å². The van der Waals surface area contributed by atoms with Crippen molar-refractivity contribution >= 4 is 17.3 Å². The molecule has 1 aromatic carbocycles. The Morgan fingerprint density at radius 3 is 2.93 bits per heavy atom. The summed E-state index contributed by atoms with van der Waals surface area (Å²) in [7, 11) is 0. The van der Waals surface area contributed by atoms with Crippen LogP contribution >= 0.6 is 11.6 Å². The van der Waals surface area contributed by atoms with Crippen molar-refractivity contribution in [3.05, 3.63) is 29.0 Å². The minimum Gasteiger partial charge on any atom is -0.381 e. The minimum atomic E-state index is -0.354. The van der Waals surface area contributed by atoms with Gasteiger partial charge >= 0.3 is 0 Å². The molecule has 0 saturated heterocycles. The maximum absolute atomic E-state index is 13.2. The van der Waals surface area contributed by atoms with Crippen molar-refractivity contribution in [3.8, 4) is 6.07 Å². The molecule has 15 heavy (non-hydrogen) atoms. The van der Waals surface area contributed by atoms with E-state index in [4.69, 9.17) is 16.9 Å². The predicted molar refractivity (Wildman–Crippen MR) is 59.3 cm³/mol. The number of nitrogens with zero attached hydrogens (tertiary/aromatic N) is 1. The molecule has 0 radical (unpaired) electrons. The first kappa shape index (κ1) is 11.8. The maximum atomic E-state index is 13.2. The summed E-state index contributed by atoms with van der Waals surface area (Å²) in [6.07, 6.45) is 0.742. The van der Waals surface area contributed by atoms with E-state index in [1.54, 1.807) is 0 Å². The van der Waals surface area contributed by atoms with Crippen LogP contribution in [0.15, 0.2) is 18.2 Å². The van der Waals surface area contributed by atoms with Crippen molar-refractivity contribution in [3.63, 3.8) is 0 Å². The van der Waals surface area contributed by atoms with Crippen LogP contribution in [0.4, 0.5) is 10.1 Å². The smallest absolute Gasteiger partial charge is 0.146 e. The molecule has 4 heteroatoms. The molecule has 2 nitrogen and oxygen atoms in total. The van der Waals surface area contributed by atoms with Gasteiger partial charge in [0.05, 0.1) is 17.7 Å². The van der Waals surface area contributed by atoms with Crippen LogP contribution in [0.5, 0.6) is 0 Å². The standard InChI is InChI=1S/C11H12ClFN2/c1-2-8(6-14)7-15-11-5-9(12)3-4-10(11)13/h3-5,8,15H,2,7H2,1H3. The highest BCUT2D eigenvalue weighted by Crippen LogP contribution is 2.19. The van der Waals surface area contributed by atoms with Crippen LogP contribution in [0.25, 0.3) is 0 Å². The number of nitriles is 1. The summed E-state index contributed by atoms with van der Waals surface area (Å²) in [4.78, 5) is 0. The number of anilines is 1. The van der Waals surface area contributed by atoms with E-state index < -0.39 is 0 Å². The highest BCUT2D eigenvalue weighted by atomic mass is 35.5. The van der Waals surface area contributed by atoms with Crippen molar-refractivity contribution in [2.24, 2.45) is 5.92 Å².